The van der Waals surface area contributed by atoms with Crippen molar-refractivity contribution < 1.29 is 9.90 Å². The van der Waals surface area contributed by atoms with Gasteiger partial charge in [-0.25, -0.2) is 0 Å². The molecule has 1 unspecified atom stereocenters. The highest BCUT2D eigenvalue weighted by Gasteiger charge is 2.03. The summed E-state index contributed by atoms with van der Waals surface area (Å²) in [6, 6.07) is 0. The van der Waals surface area contributed by atoms with Crippen molar-refractivity contribution >= 4 is 17.7 Å². The molecular formula is C9H19NO2S. The number of nitrogens with one attached hydrogen (secondary N) is 1. The smallest absolute Gasteiger partial charge is 0.220 e. The molecule has 0 spiro atoms. The number of amides is 1. The highest BCUT2D eigenvalue weighted by molar-refractivity contribution is 7.99. The Morgan fingerprint density at radius 3 is 2.77 bits per heavy atom. The lowest BCUT2D eigenvalue weighted by Crippen LogP contribution is -2.29. The molecule has 0 aromatic heterocycles. The minimum atomic E-state index is 0.0920. The van der Waals surface area contributed by atoms with Crippen LogP contribution >= 0.6 is 11.8 Å². The number of carbonyl (C=O) groups is 1. The summed E-state index contributed by atoms with van der Waals surface area (Å²) in [5, 5.41) is 11.8. The van der Waals surface area contributed by atoms with Crippen molar-refractivity contribution in [2.45, 2.75) is 31.4 Å². The van der Waals surface area contributed by atoms with E-state index in [1.54, 1.807) is 11.8 Å². The zero-order valence-electron chi connectivity index (χ0n) is 8.38. The fraction of sp³-hybridized carbons (Fsp3) is 0.889. The molecule has 1 amide bonds. The molecule has 0 aromatic rings. The predicted molar refractivity (Wildman–Crippen MR) is 56.9 cm³/mol. The van der Waals surface area contributed by atoms with Gasteiger partial charge in [0.15, 0.2) is 0 Å². The van der Waals surface area contributed by atoms with Crippen LogP contribution in [0.2, 0.25) is 0 Å². The number of aliphatic hydroxyl groups is 1. The van der Waals surface area contributed by atoms with Crippen LogP contribution in [0, 0.1) is 0 Å². The van der Waals surface area contributed by atoms with Gasteiger partial charge >= 0.3 is 0 Å². The van der Waals surface area contributed by atoms with Crippen molar-refractivity contribution in [3.63, 3.8) is 0 Å². The van der Waals surface area contributed by atoms with E-state index in [-0.39, 0.29) is 12.5 Å². The van der Waals surface area contributed by atoms with E-state index in [1.165, 1.54) is 0 Å². The molecule has 0 saturated heterocycles. The van der Waals surface area contributed by atoms with Crippen molar-refractivity contribution in [2.75, 3.05) is 19.4 Å². The first kappa shape index (κ1) is 12.8. The van der Waals surface area contributed by atoms with Gasteiger partial charge in [0.1, 0.15) is 0 Å². The van der Waals surface area contributed by atoms with Gasteiger partial charge in [-0.15, -0.1) is 0 Å². The summed E-state index contributed by atoms with van der Waals surface area (Å²) in [4.78, 5) is 11.1. The van der Waals surface area contributed by atoms with Gasteiger partial charge in [0.2, 0.25) is 5.91 Å². The Morgan fingerprint density at radius 1 is 1.54 bits per heavy atom. The van der Waals surface area contributed by atoms with E-state index < -0.39 is 0 Å². The first-order valence-corrected chi connectivity index (χ1v) is 5.89. The lowest BCUT2D eigenvalue weighted by Gasteiger charge is -2.09. The normalized spacial score (nSPS) is 12.5. The van der Waals surface area contributed by atoms with Crippen LogP contribution in [-0.2, 0) is 4.79 Å². The van der Waals surface area contributed by atoms with Crippen LogP contribution in [0.3, 0.4) is 0 Å². The third kappa shape index (κ3) is 8.12. The van der Waals surface area contributed by atoms with Crippen molar-refractivity contribution in [3.8, 4) is 0 Å². The number of thioether (sulfide) groups is 1. The Kier molecular flexibility index (Phi) is 8.24. The van der Waals surface area contributed by atoms with Gasteiger partial charge < -0.3 is 10.4 Å². The SMILES string of the molecule is CSC(C)CNC(=O)CCCCO. The predicted octanol–water partition coefficient (Wildman–Crippen LogP) is 1.02. The summed E-state index contributed by atoms with van der Waals surface area (Å²) >= 11 is 1.74. The van der Waals surface area contributed by atoms with Crippen molar-refractivity contribution in [2.24, 2.45) is 0 Å². The lowest BCUT2D eigenvalue weighted by molar-refractivity contribution is -0.121. The minimum absolute atomic E-state index is 0.0920. The molecule has 4 heteroatoms. The Morgan fingerprint density at radius 2 is 2.23 bits per heavy atom. The minimum Gasteiger partial charge on any atom is -0.396 e. The molecule has 0 aliphatic rings. The molecule has 2 N–H and O–H groups in total. The molecule has 0 bridgehead atoms. The molecule has 0 aromatic carbocycles. The summed E-state index contributed by atoms with van der Waals surface area (Å²) < 4.78 is 0. The topological polar surface area (TPSA) is 49.3 Å². The number of rotatable bonds is 7. The van der Waals surface area contributed by atoms with E-state index in [9.17, 15) is 4.79 Å². The number of hydrogen-bond acceptors (Lipinski definition) is 3. The molecule has 13 heavy (non-hydrogen) atoms. The standard InChI is InChI=1S/C9H19NO2S/c1-8(13-2)7-10-9(12)5-3-4-6-11/h8,11H,3-7H2,1-2H3,(H,10,12). The van der Waals surface area contributed by atoms with E-state index in [2.05, 4.69) is 12.2 Å². The van der Waals surface area contributed by atoms with Gasteiger partial charge in [0.25, 0.3) is 0 Å². The number of hydrogen-bond donors (Lipinski definition) is 2. The van der Waals surface area contributed by atoms with E-state index in [0.29, 0.717) is 18.1 Å². The van der Waals surface area contributed by atoms with Gasteiger partial charge in [0, 0.05) is 24.8 Å². The number of aliphatic hydroxyl groups excluding tert-OH is 1. The number of unbranched alkanes of at least 4 members (excludes halogenated alkanes) is 1. The molecule has 3 nitrogen and oxygen atoms in total. The van der Waals surface area contributed by atoms with E-state index >= 15 is 0 Å². The molecule has 0 fully saturated rings. The average Bonchev–Trinajstić information content (AvgIpc) is 2.14. The van der Waals surface area contributed by atoms with Gasteiger partial charge in [-0.2, -0.15) is 11.8 Å². The Hall–Kier alpha value is -0.220. The number of carbonyl (C=O) groups excluding carboxylic acids is 1. The monoisotopic (exact) mass is 205 g/mol. The molecule has 0 aliphatic heterocycles. The highest BCUT2D eigenvalue weighted by atomic mass is 32.2. The second kappa shape index (κ2) is 8.38. The summed E-state index contributed by atoms with van der Waals surface area (Å²) in [5.41, 5.74) is 0. The maximum absolute atomic E-state index is 11.1. The molecule has 1 atom stereocenters. The zero-order valence-corrected chi connectivity index (χ0v) is 9.19. The largest absolute Gasteiger partial charge is 0.396 e. The molecule has 0 rings (SSSR count). The summed E-state index contributed by atoms with van der Waals surface area (Å²) in [7, 11) is 0. The molecule has 78 valence electrons. The quantitative estimate of drug-likeness (QED) is 0.610. The summed E-state index contributed by atoms with van der Waals surface area (Å²) in [6.45, 7) is 2.99. The molecule has 0 saturated carbocycles. The van der Waals surface area contributed by atoms with Crippen LogP contribution in [-0.4, -0.2) is 35.7 Å². The molecule has 0 heterocycles. The zero-order chi connectivity index (χ0) is 10.1. The van der Waals surface area contributed by atoms with Crippen molar-refractivity contribution in [3.05, 3.63) is 0 Å². The first-order chi connectivity index (χ1) is 6.20. The second-order valence-electron chi connectivity index (χ2n) is 3.03. The third-order valence-corrected chi connectivity index (χ3v) is 2.77. The Balaban J connectivity index is 3.30. The lowest BCUT2D eigenvalue weighted by atomic mass is 10.2. The van der Waals surface area contributed by atoms with Crippen LogP contribution in [0.1, 0.15) is 26.2 Å². The molecular weight excluding hydrogens is 186 g/mol. The van der Waals surface area contributed by atoms with Gasteiger partial charge in [0.05, 0.1) is 0 Å². The van der Waals surface area contributed by atoms with Gasteiger partial charge in [-0.3, -0.25) is 4.79 Å². The van der Waals surface area contributed by atoms with E-state index in [0.717, 1.165) is 13.0 Å². The first-order valence-electron chi connectivity index (χ1n) is 4.61. The maximum atomic E-state index is 11.1. The fourth-order valence-electron chi connectivity index (χ4n) is 0.827. The maximum Gasteiger partial charge on any atom is 0.220 e. The van der Waals surface area contributed by atoms with Crippen LogP contribution in [0.25, 0.3) is 0 Å². The van der Waals surface area contributed by atoms with E-state index in [4.69, 9.17) is 5.11 Å². The van der Waals surface area contributed by atoms with Crippen molar-refractivity contribution in [1.29, 1.82) is 0 Å². The van der Waals surface area contributed by atoms with Crippen LogP contribution in [0.15, 0.2) is 0 Å². The van der Waals surface area contributed by atoms with Crippen molar-refractivity contribution in [1.82, 2.24) is 5.32 Å². The Labute approximate surface area is 84.3 Å². The summed E-state index contributed by atoms with van der Waals surface area (Å²) in [5.74, 6) is 0.0920. The van der Waals surface area contributed by atoms with E-state index in [1.807, 2.05) is 6.26 Å². The van der Waals surface area contributed by atoms with Crippen LogP contribution in [0.4, 0.5) is 0 Å². The Bertz CT molecular complexity index is 142. The van der Waals surface area contributed by atoms with Crippen LogP contribution in [0.5, 0.6) is 0 Å². The molecule has 0 radical (unpaired) electrons. The van der Waals surface area contributed by atoms with Gasteiger partial charge in [-0.1, -0.05) is 6.92 Å². The second-order valence-corrected chi connectivity index (χ2v) is 4.31. The molecule has 0 aliphatic carbocycles. The van der Waals surface area contributed by atoms with Gasteiger partial charge in [-0.05, 0) is 19.1 Å². The average molecular weight is 205 g/mol. The highest BCUT2D eigenvalue weighted by Crippen LogP contribution is 2.02. The summed E-state index contributed by atoms with van der Waals surface area (Å²) in [6.07, 6.45) is 4.05. The van der Waals surface area contributed by atoms with Crippen LogP contribution < -0.4 is 5.32 Å². The fourth-order valence-corrected chi connectivity index (χ4v) is 1.08. The third-order valence-electron chi connectivity index (χ3n) is 1.80.